The van der Waals surface area contributed by atoms with Crippen LogP contribution in [0, 0.1) is 0 Å². The summed E-state index contributed by atoms with van der Waals surface area (Å²) in [5.41, 5.74) is 5.86. The molecular formula is C16H24N4O2S. The largest absolute Gasteiger partial charge is 0.354 e. The molecule has 126 valence electrons. The summed E-state index contributed by atoms with van der Waals surface area (Å²) in [6.07, 6.45) is 3.39. The topological polar surface area (TPSA) is 94.0 Å². The van der Waals surface area contributed by atoms with E-state index in [0.717, 1.165) is 17.7 Å². The Balaban J connectivity index is 1.72. The molecule has 23 heavy (non-hydrogen) atoms. The Labute approximate surface area is 140 Å². The zero-order chi connectivity index (χ0) is 16.7. The summed E-state index contributed by atoms with van der Waals surface area (Å²) in [6, 6.07) is 3.90. The number of aromatic nitrogens is 2. The number of carbonyl (C=O) groups excluding carboxylic acids is 1. The molecule has 3 N–H and O–H groups in total. The van der Waals surface area contributed by atoms with Crippen LogP contribution in [-0.4, -0.2) is 28.1 Å². The van der Waals surface area contributed by atoms with E-state index < -0.39 is 0 Å². The molecule has 0 aliphatic carbocycles. The second kappa shape index (κ2) is 8.21. The van der Waals surface area contributed by atoms with Crippen LogP contribution in [-0.2, 0) is 11.2 Å². The molecule has 2 aromatic heterocycles. The van der Waals surface area contributed by atoms with Crippen molar-refractivity contribution >= 4 is 17.2 Å². The summed E-state index contributed by atoms with van der Waals surface area (Å²) >= 11 is 1.57. The standard InChI is InChI=1S/C16H24N4O2S/c1-3-16(17,4-2)11-18-13(21)8-5-9-14-19-15(20-22-14)12-7-6-10-23-12/h6-7,10H,3-5,8-9,11,17H2,1-2H3,(H,18,21). The molecule has 1 amide bonds. The van der Waals surface area contributed by atoms with Gasteiger partial charge in [-0.1, -0.05) is 25.1 Å². The fraction of sp³-hybridized carbons (Fsp3) is 0.562. The molecule has 2 rings (SSSR count). The third-order valence-corrected chi connectivity index (χ3v) is 4.92. The summed E-state index contributed by atoms with van der Waals surface area (Å²) in [6.45, 7) is 4.59. The van der Waals surface area contributed by atoms with Crippen molar-refractivity contribution in [1.29, 1.82) is 0 Å². The molecule has 0 spiro atoms. The van der Waals surface area contributed by atoms with Crippen LogP contribution in [0.5, 0.6) is 0 Å². The lowest BCUT2D eigenvalue weighted by Crippen LogP contribution is -2.49. The van der Waals surface area contributed by atoms with Crippen molar-refractivity contribution < 1.29 is 9.32 Å². The molecule has 0 aliphatic heterocycles. The Morgan fingerprint density at radius 2 is 2.22 bits per heavy atom. The fourth-order valence-electron chi connectivity index (χ4n) is 2.13. The number of nitrogens with zero attached hydrogens (tertiary/aromatic N) is 2. The second-order valence-electron chi connectivity index (χ2n) is 5.69. The number of hydrogen-bond donors (Lipinski definition) is 2. The van der Waals surface area contributed by atoms with Gasteiger partial charge in [0.1, 0.15) is 0 Å². The van der Waals surface area contributed by atoms with E-state index in [4.69, 9.17) is 10.3 Å². The van der Waals surface area contributed by atoms with Gasteiger partial charge in [0, 0.05) is 24.9 Å². The molecule has 0 unspecified atom stereocenters. The Kier molecular flexibility index (Phi) is 6.29. The first-order valence-corrected chi connectivity index (χ1v) is 8.86. The zero-order valence-electron chi connectivity index (χ0n) is 13.7. The summed E-state index contributed by atoms with van der Waals surface area (Å²) in [5.74, 6) is 1.19. The van der Waals surface area contributed by atoms with Crippen LogP contribution in [0.2, 0.25) is 0 Å². The van der Waals surface area contributed by atoms with Crippen LogP contribution in [0.15, 0.2) is 22.0 Å². The molecular weight excluding hydrogens is 312 g/mol. The van der Waals surface area contributed by atoms with Crippen LogP contribution in [0.3, 0.4) is 0 Å². The van der Waals surface area contributed by atoms with Crippen molar-refractivity contribution in [1.82, 2.24) is 15.5 Å². The Bertz CT molecular complexity index is 605. The van der Waals surface area contributed by atoms with Crippen molar-refractivity contribution in [2.24, 2.45) is 5.73 Å². The highest BCUT2D eigenvalue weighted by Crippen LogP contribution is 2.21. The number of nitrogens with one attached hydrogen (secondary N) is 1. The molecule has 2 aromatic rings. The Hall–Kier alpha value is -1.73. The first kappa shape index (κ1) is 17.6. The number of nitrogens with two attached hydrogens (primary N) is 1. The minimum absolute atomic E-state index is 0.0136. The van der Waals surface area contributed by atoms with Gasteiger partial charge in [0.05, 0.1) is 4.88 Å². The molecule has 2 heterocycles. The van der Waals surface area contributed by atoms with Gasteiger partial charge in [-0.2, -0.15) is 4.98 Å². The quantitative estimate of drug-likeness (QED) is 0.734. The first-order valence-electron chi connectivity index (χ1n) is 7.98. The van der Waals surface area contributed by atoms with Crippen molar-refractivity contribution in [2.75, 3.05) is 6.54 Å². The van der Waals surface area contributed by atoms with Gasteiger partial charge in [-0.3, -0.25) is 4.79 Å². The lowest BCUT2D eigenvalue weighted by Gasteiger charge is -2.26. The van der Waals surface area contributed by atoms with E-state index in [1.807, 2.05) is 31.4 Å². The van der Waals surface area contributed by atoms with Gasteiger partial charge in [0.15, 0.2) is 0 Å². The van der Waals surface area contributed by atoms with E-state index in [-0.39, 0.29) is 11.4 Å². The van der Waals surface area contributed by atoms with Gasteiger partial charge in [-0.05, 0) is 30.7 Å². The van der Waals surface area contributed by atoms with Crippen LogP contribution >= 0.6 is 11.3 Å². The van der Waals surface area contributed by atoms with E-state index in [0.29, 0.717) is 37.5 Å². The van der Waals surface area contributed by atoms with E-state index in [9.17, 15) is 4.79 Å². The van der Waals surface area contributed by atoms with Crippen molar-refractivity contribution in [3.8, 4) is 10.7 Å². The van der Waals surface area contributed by atoms with Gasteiger partial charge in [-0.15, -0.1) is 11.3 Å². The van der Waals surface area contributed by atoms with Crippen molar-refractivity contribution in [3.63, 3.8) is 0 Å². The van der Waals surface area contributed by atoms with Gasteiger partial charge >= 0.3 is 0 Å². The van der Waals surface area contributed by atoms with Crippen LogP contribution in [0.1, 0.15) is 45.4 Å². The maximum Gasteiger partial charge on any atom is 0.226 e. The molecule has 0 aromatic carbocycles. The number of rotatable bonds is 9. The van der Waals surface area contributed by atoms with E-state index in [1.165, 1.54) is 0 Å². The molecule has 0 radical (unpaired) electrons. The predicted molar refractivity (Wildman–Crippen MR) is 91.1 cm³/mol. The van der Waals surface area contributed by atoms with Crippen molar-refractivity contribution in [2.45, 2.75) is 51.5 Å². The highest BCUT2D eigenvalue weighted by Gasteiger charge is 2.20. The maximum absolute atomic E-state index is 11.9. The smallest absolute Gasteiger partial charge is 0.226 e. The zero-order valence-corrected chi connectivity index (χ0v) is 14.5. The SMILES string of the molecule is CCC(N)(CC)CNC(=O)CCCc1nc(-c2cccs2)no1. The lowest BCUT2D eigenvalue weighted by atomic mass is 9.94. The minimum Gasteiger partial charge on any atom is -0.354 e. The van der Waals surface area contributed by atoms with Crippen LogP contribution < -0.4 is 11.1 Å². The Morgan fingerprint density at radius 1 is 1.43 bits per heavy atom. The third-order valence-electron chi connectivity index (χ3n) is 4.05. The molecule has 0 saturated carbocycles. The molecule has 7 heteroatoms. The number of amides is 1. The van der Waals surface area contributed by atoms with Gasteiger partial charge < -0.3 is 15.6 Å². The molecule has 0 atom stereocenters. The van der Waals surface area contributed by atoms with E-state index in [1.54, 1.807) is 11.3 Å². The fourth-order valence-corrected chi connectivity index (χ4v) is 2.77. The first-order chi connectivity index (χ1) is 11.1. The molecule has 0 aliphatic rings. The number of thiophene rings is 1. The summed E-state index contributed by atoms with van der Waals surface area (Å²) < 4.78 is 5.21. The molecule has 0 fully saturated rings. The molecule has 0 saturated heterocycles. The van der Waals surface area contributed by atoms with Crippen molar-refractivity contribution in [3.05, 3.63) is 23.4 Å². The van der Waals surface area contributed by atoms with Gasteiger partial charge in [-0.25, -0.2) is 0 Å². The summed E-state index contributed by atoms with van der Waals surface area (Å²) in [4.78, 5) is 17.2. The second-order valence-corrected chi connectivity index (χ2v) is 6.64. The lowest BCUT2D eigenvalue weighted by molar-refractivity contribution is -0.121. The van der Waals surface area contributed by atoms with E-state index in [2.05, 4.69) is 15.5 Å². The van der Waals surface area contributed by atoms with Gasteiger partial charge in [0.25, 0.3) is 0 Å². The number of carbonyl (C=O) groups is 1. The van der Waals surface area contributed by atoms with E-state index >= 15 is 0 Å². The summed E-state index contributed by atoms with van der Waals surface area (Å²) in [5, 5.41) is 8.84. The highest BCUT2D eigenvalue weighted by molar-refractivity contribution is 7.13. The average molecular weight is 336 g/mol. The maximum atomic E-state index is 11.9. The molecule has 6 nitrogen and oxygen atoms in total. The number of aryl methyl sites for hydroxylation is 1. The average Bonchev–Trinajstić information content (AvgIpc) is 3.23. The highest BCUT2D eigenvalue weighted by atomic mass is 32.1. The number of hydrogen-bond acceptors (Lipinski definition) is 6. The van der Waals surface area contributed by atoms with Gasteiger partial charge in [0.2, 0.25) is 17.6 Å². The minimum atomic E-state index is -0.308. The monoisotopic (exact) mass is 336 g/mol. The third kappa shape index (κ3) is 5.14. The van der Waals surface area contributed by atoms with Crippen LogP contribution in [0.4, 0.5) is 0 Å². The normalized spacial score (nSPS) is 11.6. The summed E-state index contributed by atoms with van der Waals surface area (Å²) in [7, 11) is 0. The molecule has 0 bridgehead atoms. The Morgan fingerprint density at radius 3 is 2.87 bits per heavy atom. The van der Waals surface area contributed by atoms with Crippen LogP contribution in [0.25, 0.3) is 10.7 Å². The predicted octanol–water partition coefficient (Wildman–Crippen LogP) is 2.75.